The number of amides is 1. The maximum absolute atomic E-state index is 15.1. The minimum absolute atomic E-state index is 0.0606. The predicted octanol–water partition coefficient (Wildman–Crippen LogP) is 4.44. The van der Waals surface area contributed by atoms with Crippen LogP contribution in [0.3, 0.4) is 0 Å². The number of ether oxygens (including phenoxy) is 1. The zero-order valence-corrected chi connectivity index (χ0v) is 24.3. The maximum Gasteiger partial charge on any atom is 0.410 e. The van der Waals surface area contributed by atoms with Crippen LogP contribution in [0.5, 0.6) is 0 Å². The Bertz CT molecular complexity index is 1650. The molecule has 13 heteroatoms. The molecule has 1 saturated heterocycles. The molecule has 1 atom stereocenters. The molecule has 0 spiro atoms. The molecule has 0 unspecified atom stereocenters. The number of benzene rings is 1. The Balaban J connectivity index is 1.12. The van der Waals surface area contributed by atoms with Crippen molar-refractivity contribution in [2.24, 2.45) is 0 Å². The fraction of sp³-hybridized carbons (Fsp3) is 0.433. The summed E-state index contributed by atoms with van der Waals surface area (Å²) in [6, 6.07) is 6.39. The van der Waals surface area contributed by atoms with Crippen molar-refractivity contribution >= 4 is 28.9 Å². The van der Waals surface area contributed by atoms with Crippen molar-refractivity contribution in [1.29, 1.82) is 0 Å². The van der Waals surface area contributed by atoms with Gasteiger partial charge in [0.1, 0.15) is 28.5 Å². The molecule has 1 fully saturated rings. The largest absolute Gasteiger partial charge is 0.444 e. The van der Waals surface area contributed by atoms with Crippen molar-refractivity contribution in [3.8, 4) is 11.3 Å². The Morgan fingerprint density at radius 2 is 1.86 bits per heavy atom. The number of pyridine rings is 1. The molecule has 11 nitrogen and oxygen atoms in total. The highest BCUT2D eigenvalue weighted by molar-refractivity contribution is 5.83. The van der Waals surface area contributed by atoms with Gasteiger partial charge in [0.15, 0.2) is 11.6 Å². The van der Waals surface area contributed by atoms with Crippen LogP contribution < -0.4 is 5.32 Å². The normalized spacial score (nSPS) is 17.3. The van der Waals surface area contributed by atoms with E-state index in [0.717, 1.165) is 24.8 Å². The number of carbonyl (C=O) groups excluding carboxylic acids is 1. The lowest BCUT2D eigenvalue weighted by atomic mass is 10.1. The van der Waals surface area contributed by atoms with Gasteiger partial charge >= 0.3 is 6.09 Å². The summed E-state index contributed by atoms with van der Waals surface area (Å²) in [5.74, 6) is 0.00816. The number of nitrogens with one attached hydrogen (secondary N) is 1. The van der Waals surface area contributed by atoms with E-state index >= 15 is 4.39 Å². The number of rotatable bonds is 6. The first-order chi connectivity index (χ1) is 20.6. The van der Waals surface area contributed by atoms with Gasteiger partial charge in [0.25, 0.3) is 0 Å². The Labute approximate surface area is 247 Å². The third-order valence-electron chi connectivity index (χ3n) is 7.61. The van der Waals surface area contributed by atoms with Crippen LogP contribution in [-0.4, -0.2) is 83.9 Å². The third kappa shape index (κ3) is 6.13. The van der Waals surface area contributed by atoms with Crippen LogP contribution in [-0.2, 0) is 17.7 Å². The molecule has 2 aliphatic heterocycles. The number of anilines is 2. The van der Waals surface area contributed by atoms with Crippen LogP contribution in [0.4, 0.5) is 25.3 Å². The minimum atomic E-state index is -0.695. The van der Waals surface area contributed by atoms with Crippen molar-refractivity contribution in [3.05, 3.63) is 59.7 Å². The van der Waals surface area contributed by atoms with E-state index in [1.165, 1.54) is 6.07 Å². The van der Waals surface area contributed by atoms with Crippen molar-refractivity contribution in [1.82, 2.24) is 34.3 Å². The fourth-order valence-electron chi connectivity index (χ4n) is 5.53. The Morgan fingerprint density at radius 3 is 2.56 bits per heavy atom. The highest BCUT2D eigenvalue weighted by Gasteiger charge is 2.28. The molecule has 5 heterocycles. The quantitative estimate of drug-likeness (QED) is 0.335. The molecular formula is C30H34F2N8O3. The second-order valence-electron chi connectivity index (χ2n) is 11.9. The van der Waals surface area contributed by atoms with E-state index in [0.29, 0.717) is 49.6 Å². The first-order valence-electron chi connectivity index (χ1n) is 14.3. The number of aliphatic hydroxyl groups is 1. The summed E-state index contributed by atoms with van der Waals surface area (Å²) < 4.78 is 37.3. The zero-order chi connectivity index (χ0) is 30.3. The van der Waals surface area contributed by atoms with Gasteiger partial charge in [0.2, 0.25) is 5.95 Å². The summed E-state index contributed by atoms with van der Waals surface area (Å²) in [6.45, 7) is 8.79. The van der Waals surface area contributed by atoms with Crippen molar-refractivity contribution in [2.75, 3.05) is 38.1 Å². The van der Waals surface area contributed by atoms with Crippen molar-refractivity contribution in [3.63, 3.8) is 0 Å². The van der Waals surface area contributed by atoms with Gasteiger partial charge in [0, 0.05) is 50.9 Å². The topological polar surface area (TPSA) is 122 Å². The summed E-state index contributed by atoms with van der Waals surface area (Å²) in [5.41, 5.74) is 1.35. The number of imidazole rings is 1. The van der Waals surface area contributed by atoms with Gasteiger partial charge in [0.05, 0.1) is 24.4 Å². The number of hydrogen-bond acceptors (Lipinski definition) is 9. The van der Waals surface area contributed by atoms with Gasteiger partial charge in [-0.05, 0) is 51.0 Å². The Kier molecular flexibility index (Phi) is 7.69. The first kappa shape index (κ1) is 28.9. The van der Waals surface area contributed by atoms with Gasteiger partial charge in [-0.15, -0.1) is 0 Å². The molecule has 3 aromatic heterocycles. The molecule has 0 bridgehead atoms. The molecule has 2 N–H and O–H groups in total. The van der Waals surface area contributed by atoms with Crippen molar-refractivity contribution in [2.45, 2.75) is 51.8 Å². The van der Waals surface area contributed by atoms with E-state index < -0.39 is 17.2 Å². The van der Waals surface area contributed by atoms with E-state index in [4.69, 9.17) is 4.74 Å². The molecule has 226 valence electrons. The number of piperazine rings is 1. The molecule has 1 aromatic carbocycles. The van der Waals surface area contributed by atoms with Gasteiger partial charge in [-0.25, -0.2) is 33.5 Å². The van der Waals surface area contributed by atoms with E-state index in [2.05, 4.69) is 30.2 Å². The van der Waals surface area contributed by atoms with Crippen LogP contribution in [0.15, 0.2) is 36.7 Å². The number of nitrogens with zero attached hydrogens (tertiary/aromatic N) is 7. The smallest absolute Gasteiger partial charge is 0.410 e. The fourth-order valence-corrected chi connectivity index (χ4v) is 5.53. The number of aryl methyl sites for hydroxylation is 1. The summed E-state index contributed by atoms with van der Waals surface area (Å²) in [7, 11) is 0. The maximum atomic E-state index is 15.1. The second kappa shape index (κ2) is 11.5. The van der Waals surface area contributed by atoms with Crippen LogP contribution >= 0.6 is 0 Å². The van der Waals surface area contributed by atoms with Crippen LogP contribution in [0.25, 0.3) is 22.3 Å². The standard InChI is InChI=1S/C30H34F2N8O3/c1-30(2,3)43-29(42)39-10-8-38(9-11-39)16-18-4-6-24(33-14-18)35-28-34-15-22(32)26(37-28)19-12-21(31)27-23(13-19)40-20(17-41)5-7-25(40)36-27/h4,6,12-15,20,41H,5,7-11,16-17H2,1-3H3,(H,33,34,35,37)/t20-/m0/s1. The van der Waals surface area contributed by atoms with E-state index in [1.54, 1.807) is 23.2 Å². The summed E-state index contributed by atoms with van der Waals surface area (Å²) in [4.78, 5) is 33.5. The molecule has 0 aliphatic carbocycles. The van der Waals surface area contributed by atoms with E-state index in [-0.39, 0.29) is 41.5 Å². The number of aromatic nitrogens is 5. The van der Waals surface area contributed by atoms with Gasteiger partial charge in [-0.2, -0.15) is 0 Å². The Morgan fingerprint density at radius 1 is 1.07 bits per heavy atom. The van der Waals surface area contributed by atoms with Crippen LogP contribution in [0, 0.1) is 11.6 Å². The highest BCUT2D eigenvalue weighted by Crippen LogP contribution is 2.35. The molecule has 2 aliphatic rings. The molecule has 6 rings (SSSR count). The van der Waals surface area contributed by atoms with Gasteiger partial charge in [-0.3, -0.25) is 4.90 Å². The van der Waals surface area contributed by atoms with Crippen LogP contribution in [0.1, 0.15) is 44.6 Å². The molecule has 4 aromatic rings. The van der Waals surface area contributed by atoms with Crippen molar-refractivity contribution < 1.29 is 23.4 Å². The highest BCUT2D eigenvalue weighted by atomic mass is 19.1. The number of halogens is 2. The number of hydrogen-bond donors (Lipinski definition) is 2. The zero-order valence-electron chi connectivity index (χ0n) is 24.3. The molecule has 0 saturated carbocycles. The van der Waals surface area contributed by atoms with Gasteiger partial charge < -0.3 is 24.6 Å². The predicted molar refractivity (Wildman–Crippen MR) is 156 cm³/mol. The average molecular weight is 593 g/mol. The van der Waals surface area contributed by atoms with E-state index in [9.17, 15) is 14.3 Å². The number of aliphatic hydroxyl groups excluding tert-OH is 1. The molecule has 43 heavy (non-hydrogen) atoms. The Hall–Kier alpha value is -4.23. The summed E-state index contributed by atoms with van der Waals surface area (Å²) in [5, 5.41) is 12.8. The number of fused-ring (bicyclic) bond motifs is 3. The minimum Gasteiger partial charge on any atom is -0.444 e. The molecule has 1 amide bonds. The monoisotopic (exact) mass is 592 g/mol. The summed E-state index contributed by atoms with van der Waals surface area (Å²) >= 11 is 0. The van der Waals surface area contributed by atoms with E-state index in [1.807, 2.05) is 31.4 Å². The average Bonchev–Trinajstić information content (AvgIpc) is 3.55. The molecular weight excluding hydrogens is 558 g/mol. The lowest BCUT2D eigenvalue weighted by Crippen LogP contribution is -2.49. The third-order valence-corrected chi connectivity index (χ3v) is 7.61. The summed E-state index contributed by atoms with van der Waals surface area (Å²) in [6.07, 6.45) is 3.85. The SMILES string of the molecule is CC(C)(C)OC(=O)N1CCN(Cc2ccc(Nc3ncc(F)c(-c4cc(F)c5nc6n(c5c4)[C@H](CO)CC6)n3)nc2)CC1. The molecule has 0 radical (unpaired) electrons. The second-order valence-corrected chi connectivity index (χ2v) is 11.9. The lowest BCUT2D eigenvalue weighted by Gasteiger charge is -2.35. The van der Waals surface area contributed by atoms with Crippen LogP contribution in [0.2, 0.25) is 0 Å². The lowest BCUT2D eigenvalue weighted by molar-refractivity contribution is 0.0139. The number of carbonyl (C=O) groups is 1. The van der Waals surface area contributed by atoms with Gasteiger partial charge in [-0.1, -0.05) is 6.07 Å². The first-order valence-corrected chi connectivity index (χ1v) is 14.3.